The maximum Gasteiger partial charge on any atom is 0.271 e. The molecule has 1 atom stereocenters. The Hall–Kier alpha value is -2.34. The van der Waals surface area contributed by atoms with Crippen LogP contribution in [0.4, 0.5) is 0 Å². The van der Waals surface area contributed by atoms with Crippen molar-refractivity contribution >= 4 is 5.91 Å². The van der Waals surface area contributed by atoms with Gasteiger partial charge in [0.15, 0.2) is 6.73 Å². The summed E-state index contributed by atoms with van der Waals surface area (Å²) in [7, 11) is 0. The average Bonchev–Trinajstić information content (AvgIpc) is 3.25. The Morgan fingerprint density at radius 1 is 1.42 bits per heavy atom. The number of hydrogen-bond acceptors (Lipinski definition) is 4. The van der Waals surface area contributed by atoms with E-state index >= 15 is 0 Å². The van der Waals surface area contributed by atoms with E-state index in [4.69, 9.17) is 9.47 Å². The number of benzene rings is 1. The van der Waals surface area contributed by atoms with Crippen molar-refractivity contribution in [2.24, 2.45) is 0 Å². The van der Waals surface area contributed by atoms with Crippen LogP contribution in [0.3, 0.4) is 0 Å². The van der Waals surface area contributed by atoms with Gasteiger partial charge in [-0.1, -0.05) is 12.1 Å². The average molecular weight is 329 g/mol. The Kier molecular flexibility index (Phi) is 5.15. The second-order valence-corrected chi connectivity index (χ2v) is 6.13. The van der Waals surface area contributed by atoms with Crippen molar-refractivity contribution in [2.45, 2.75) is 39.5 Å². The summed E-state index contributed by atoms with van der Waals surface area (Å²) in [5.41, 5.74) is 2.60. The standard InChI is InChI=1S/C18H23N3O3/c1-13-5-6-14(2)17(10-13)24-12-21-8-7-16(20-21)18(22)19-11-15-4-3-9-23-15/h5-8,10,15H,3-4,9,11-12H2,1-2H3,(H,19,22). The highest BCUT2D eigenvalue weighted by Crippen LogP contribution is 2.19. The Morgan fingerprint density at radius 3 is 3.08 bits per heavy atom. The van der Waals surface area contributed by atoms with Crippen molar-refractivity contribution in [3.63, 3.8) is 0 Å². The van der Waals surface area contributed by atoms with Crippen molar-refractivity contribution in [3.05, 3.63) is 47.3 Å². The number of aryl methyl sites for hydroxylation is 2. The number of nitrogens with one attached hydrogen (secondary N) is 1. The molecule has 1 N–H and O–H groups in total. The molecule has 6 nitrogen and oxygen atoms in total. The molecule has 1 fully saturated rings. The summed E-state index contributed by atoms with van der Waals surface area (Å²) in [4.78, 5) is 12.1. The highest BCUT2D eigenvalue weighted by molar-refractivity contribution is 5.92. The summed E-state index contributed by atoms with van der Waals surface area (Å²) in [5.74, 6) is 0.644. The predicted molar refractivity (Wildman–Crippen MR) is 90.1 cm³/mol. The van der Waals surface area contributed by atoms with Crippen LogP contribution in [0.2, 0.25) is 0 Å². The van der Waals surface area contributed by atoms with E-state index in [2.05, 4.69) is 10.4 Å². The third kappa shape index (κ3) is 4.14. The Balaban J connectivity index is 1.53. The molecule has 3 rings (SSSR count). The maximum atomic E-state index is 12.1. The van der Waals surface area contributed by atoms with Crippen molar-refractivity contribution in [2.75, 3.05) is 13.2 Å². The normalized spacial score (nSPS) is 17.0. The van der Waals surface area contributed by atoms with E-state index in [1.165, 1.54) is 0 Å². The number of amides is 1. The smallest absolute Gasteiger partial charge is 0.271 e. The lowest BCUT2D eigenvalue weighted by Gasteiger charge is -2.10. The first kappa shape index (κ1) is 16.5. The summed E-state index contributed by atoms with van der Waals surface area (Å²) in [6.07, 6.45) is 3.93. The van der Waals surface area contributed by atoms with Crippen LogP contribution < -0.4 is 10.1 Å². The van der Waals surface area contributed by atoms with E-state index in [9.17, 15) is 4.79 Å². The lowest BCUT2D eigenvalue weighted by atomic mass is 10.1. The molecule has 2 heterocycles. The number of aromatic nitrogens is 2. The minimum atomic E-state index is -0.184. The molecule has 1 saturated heterocycles. The quantitative estimate of drug-likeness (QED) is 0.884. The van der Waals surface area contributed by atoms with Gasteiger partial charge in [0.1, 0.15) is 11.4 Å². The van der Waals surface area contributed by atoms with Crippen LogP contribution in [0.25, 0.3) is 0 Å². The summed E-state index contributed by atoms with van der Waals surface area (Å²) in [6.45, 7) is 5.61. The SMILES string of the molecule is Cc1ccc(C)c(OCn2ccc(C(=O)NCC3CCCO3)n2)c1. The first-order valence-electron chi connectivity index (χ1n) is 8.25. The minimum Gasteiger partial charge on any atom is -0.471 e. The third-order valence-corrected chi connectivity index (χ3v) is 4.08. The minimum absolute atomic E-state index is 0.128. The zero-order chi connectivity index (χ0) is 16.9. The molecule has 2 aromatic rings. The molecule has 1 aliphatic rings. The van der Waals surface area contributed by atoms with Crippen LogP contribution in [0.5, 0.6) is 5.75 Å². The first-order valence-corrected chi connectivity index (χ1v) is 8.25. The fraction of sp³-hybridized carbons (Fsp3) is 0.444. The molecule has 0 saturated carbocycles. The molecule has 1 unspecified atom stereocenters. The van der Waals surface area contributed by atoms with Gasteiger partial charge in [-0.2, -0.15) is 5.10 Å². The summed E-state index contributed by atoms with van der Waals surface area (Å²) < 4.78 is 12.9. The van der Waals surface area contributed by atoms with E-state index in [-0.39, 0.29) is 18.7 Å². The molecule has 128 valence electrons. The van der Waals surface area contributed by atoms with Gasteiger partial charge in [-0.15, -0.1) is 0 Å². The van der Waals surface area contributed by atoms with Crippen LogP contribution in [-0.2, 0) is 11.5 Å². The monoisotopic (exact) mass is 329 g/mol. The zero-order valence-corrected chi connectivity index (χ0v) is 14.1. The Labute approximate surface area is 141 Å². The summed E-state index contributed by atoms with van der Waals surface area (Å²) >= 11 is 0. The number of nitrogens with zero attached hydrogens (tertiary/aromatic N) is 2. The van der Waals surface area contributed by atoms with Crippen molar-refractivity contribution in [1.29, 1.82) is 0 Å². The van der Waals surface area contributed by atoms with E-state index < -0.39 is 0 Å². The number of hydrogen-bond donors (Lipinski definition) is 1. The molecule has 0 bridgehead atoms. The molecular formula is C18H23N3O3. The number of carbonyl (C=O) groups excluding carboxylic acids is 1. The molecule has 24 heavy (non-hydrogen) atoms. The number of rotatable bonds is 6. The molecular weight excluding hydrogens is 306 g/mol. The topological polar surface area (TPSA) is 65.4 Å². The first-order chi connectivity index (χ1) is 11.6. The number of ether oxygens (including phenoxy) is 2. The predicted octanol–water partition coefficient (Wildman–Crippen LogP) is 2.45. The van der Waals surface area contributed by atoms with Crippen LogP contribution in [0, 0.1) is 13.8 Å². The second kappa shape index (κ2) is 7.49. The van der Waals surface area contributed by atoms with Crippen molar-refractivity contribution in [1.82, 2.24) is 15.1 Å². The zero-order valence-electron chi connectivity index (χ0n) is 14.1. The van der Waals surface area contributed by atoms with Gasteiger partial charge in [-0.25, -0.2) is 4.68 Å². The lowest BCUT2D eigenvalue weighted by molar-refractivity contribution is 0.0852. The maximum absolute atomic E-state index is 12.1. The largest absolute Gasteiger partial charge is 0.471 e. The van der Waals surface area contributed by atoms with Gasteiger partial charge in [-0.05, 0) is 49.9 Å². The Bertz CT molecular complexity index is 705. The fourth-order valence-electron chi connectivity index (χ4n) is 2.66. The highest BCUT2D eigenvalue weighted by Gasteiger charge is 2.17. The molecule has 1 amide bonds. The van der Waals surface area contributed by atoms with Gasteiger partial charge in [0.2, 0.25) is 0 Å². The van der Waals surface area contributed by atoms with Gasteiger partial charge >= 0.3 is 0 Å². The van der Waals surface area contributed by atoms with Gasteiger partial charge in [0, 0.05) is 19.3 Å². The molecule has 1 aromatic heterocycles. The van der Waals surface area contributed by atoms with E-state index in [0.29, 0.717) is 12.2 Å². The molecule has 0 radical (unpaired) electrons. The highest BCUT2D eigenvalue weighted by atomic mass is 16.5. The van der Waals surface area contributed by atoms with Crippen LogP contribution >= 0.6 is 0 Å². The van der Waals surface area contributed by atoms with Crippen molar-refractivity contribution in [3.8, 4) is 5.75 Å². The van der Waals surface area contributed by atoms with E-state index in [1.54, 1.807) is 16.9 Å². The molecule has 1 aliphatic heterocycles. The third-order valence-electron chi connectivity index (χ3n) is 4.08. The van der Waals surface area contributed by atoms with Crippen LogP contribution in [-0.4, -0.2) is 34.9 Å². The fourth-order valence-corrected chi connectivity index (χ4v) is 2.66. The summed E-state index contributed by atoms with van der Waals surface area (Å²) in [5, 5.41) is 7.13. The van der Waals surface area contributed by atoms with Gasteiger partial charge in [-0.3, -0.25) is 4.79 Å². The lowest BCUT2D eigenvalue weighted by Crippen LogP contribution is -2.32. The van der Waals surface area contributed by atoms with Gasteiger partial charge < -0.3 is 14.8 Å². The molecule has 0 spiro atoms. The van der Waals surface area contributed by atoms with Crippen LogP contribution in [0.15, 0.2) is 30.5 Å². The molecule has 0 aliphatic carbocycles. The number of carbonyl (C=O) groups is 1. The van der Waals surface area contributed by atoms with E-state index in [1.807, 2.05) is 32.0 Å². The second-order valence-electron chi connectivity index (χ2n) is 6.13. The van der Waals surface area contributed by atoms with Gasteiger partial charge in [0.25, 0.3) is 5.91 Å². The molecule has 1 aromatic carbocycles. The Morgan fingerprint density at radius 2 is 2.29 bits per heavy atom. The molecule has 6 heteroatoms. The van der Waals surface area contributed by atoms with Gasteiger partial charge in [0.05, 0.1) is 6.10 Å². The van der Waals surface area contributed by atoms with Crippen LogP contribution in [0.1, 0.15) is 34.5 Å². The summed E-state index contributed by atoms with van der Waals surface area (Å²) in [6, 6.07) is 7.76. The van der Waals surface area contributed by atoms with E-state index in [0.717, 1.165) is 36.3 Å². The van der Waals surface area contributed by atoms with Crippen molar-refractivity contribution < 1.29 is 14.3 Å².